The summed E-state index contributed by atoms with van der Waals surface area (Å²) in [6, 6.07) is 0.247. The third kappa shape index (κ3) is 3.85. The summed E-state index contributed by atoms with van der Waals surface area (Å²) in [6.45, 7) is 3.93. The Bertz CT molecular complexity index is 389. The predicted molar refractivity (Wildman–Crippen MR) is 84.2 cm³/mol. The minimum absolute atomic E-state index is 0. The Balaban J connectivity index is 0.00000200. The van der Waals surface area contributed by atoms with E-state index in [1.165, 1.54) is 0 Å². The first-order valence-corrected chi connectivity index (χ1v) is 8.95. The van der Waals surface area contributed by atoms with E-state index in [2.05, 4.69) is 0 Å². The van der Waals surface area contributed by atoms with Gasteiger partial charge in [0.1, 0.15) is 0 Å². The van der Waals surface area contributed by atoms with Crippen LogP contribution in [0.2, 0.25) is 0 Å². The van der Waals surface area contributed by atoms with Crippen molar-refractivity contribution >= 4 is 22.6 Å². The summed E-state index contributed by atoms with van der Waals surface area (Å²) in [6.07, 6.45) is 6.93. The van der Waals surface area contributed by atoms with E-state index in [0.717, 1.165) is 44.9 Å². The van der Waals surface area contributed by atoms with Crippen molar-refractivity contribution in [1.82, 2.24) is 8.61 Å². The highest BCUT2D eigenvalue weighted by Crippen LogP contribution is 2.28. The first-order valence-electron chi connectivity index (χ1n) is 7.56. The highest BCUT2D eigenvalue weighted by Gasteiger charge is 2.38. The number of hydrogen-bond donors (Lipinski definition) is 1. The van der Waals surface area contributed by atoms with Gasteiger partial charge in [-0.25, -0.2) is 0 Å². The standard InChI is InChI=1S/C13H27N3O2S.ClH/c1-12-6-2-4-10-15(12)19(17,18)16-11-5-3-7-13(16)8-9-14;/h12-13H,2-11,14H2,1H3;1H. The summed E-state index contributed by atoms with van der Waals surface area (Å²) in [7, 11) is -3.29. The van der Waals surface area contributed by atoms with Crippen molar-refractivity contribution in [3.05, 3.63) is 0 Å². The van der Waals surface area contributed by atoms with E-state index >= 15 is 0 Å². The molecule has 0 aromatic rings. The van der Waals surface area contributed by atoms with E-state index in [-0.39, 0.29) is 24.5 Å². The Morgan fingerprint density at radius 3 is 2.25 bits per heavy atom. The molecule has 20 heavy (non-hydrogen) atoms. The third-order valence-electron chi connectivity index (χ3n) is 4.41. The second kappa shape index (κ2) is 7.94. The summed E-state index contributed by atoms with van der Waals surface area (Å²) < 4.78 is 29.1. The van der Waals surface area contributed by atoms with Gasteiger partial charge in [-0.05, 0) is 45.6 Å². The normalized spacial score (nSPS) is 29.9. The SMILES string of the molecule is CC1CCCCN1S(=O)(=O)N1CCCCC1CCN.Cl. The zero-order chi connectivity index (χ0) is 13.9. The lowest BCUT2D eigenvalue weighted by atomic mass is 10.0. The van der Waals surface area contributed by atoms with E-state index in [1.54, 1.807) is 8.61 Å². The first kappa shape index (κ1) is 18.2. The topological polar surface area (TPSA) is 66.6 Å². The maximum absolute atomic E-state index is 12.8. The Morgan fingerprint density at radius 2 is 1.65 bits per heavy atom. The second-order valence-corrected chi connectivity index (χ2v) is 7.63. The molecule has 2 saturated heterocycles. The molecule has 2 aliphatic heterocycles. The largest absolute Gasteiger partial charge is 0.330 e. The molecule has 7 heteroatoms. The fraction of sp³-hybridized carbons (Fsp3) is 1.00. The number of rotatable bonds is 4. The maximum atomic E-state index is 12.8. The lowest BCUT2D eigenvalue weighted by Gasteiger charge is -2.41. The van der Waals surface area contributed by atoms with Crippen molar-refractivity contribution < 1.29 is 8.42 Å². The monoisotopic (exact) mass is 325 g/mol. The van der Waals surface area contributed by atoms with E-state index in [9.17, 15) is 8.42 Å². The van der Waals surface area contributed by atoms with Crippen LogP contribution in [0.3, 0.4) is 0 Å². The smallest absolute Gasteiger partial charge is 0.282 e. The van der Waals surface area contributed by atoms with Crippen LogP contribution in [-0.4, -0.2) is 48.7 Å². The molecule has 0 amide bonds. The van der Waals surface area contributed by atoms with Crippen molar-refractivity contribution in [2.45, 2.75) is 64.0 Å². The molecule has 2 N–H and O–H groups in total. The van der Waals surface area contributed by atoms with Crippen molar-refractivity contribution in [3.8, 4) is 0 Å². The molecule has 2 rings (SSSR count). The van der Waals surface area contributed by atoms with Crippen LogP contribution < -0.4 is 5.73 Å². The van der Waals surface area contributed by atoms with Crippen molar-refractivity contribution in [1.29, 1.82) is 0 Å². The van der Waals surface area contributed by atoms with Crippen molar-refractivity contribution in [3.63, 3.8) is 0 Å². The van der Waals surface area contributed by atoms with Gasteiger partial charge in [0, 0.05) is 25.2 Å². The summed E-state index contributed by atoms with van der Waals surface area (Å²) >= 11 is 0. The van der Waals surface area contributed by atoms with Crippen LogP contribution in [0.5, 0.6) is 0 Å². The molecule has 0 spiro atoms. The summed E-state index contributed by atoms with van der Waals surface area (Å²) in [5.41, 5.74) is 5.64. The number of hydrogen-bond acceptors (Lipinski definition) is 3. The van der Waals surface area contributed by atoms with Gasteiger partial charge in [-0.15, -0.1) is 12.4 Å². The molecule has 0 bridgehead atoms. The molecule has 0 aromatic carbocycles. The predicted octanol–water partition coefficient (Wildman–Crippen LogP) is 1.73. The molecule has 5 nitrogen and oxygen atoms in total. The van der Waals surface area contributed by atoms with Gasteiger partial charge >= 0.3 is 0 Å². The van der Waals surface area contributed by atoms with Gasteiger partial charge in [0.2, 0.25) is 0 Å². The number of piperidine rings is 2. The van der Waals surface area contributed by atoms with Gasteiger partial charge in [0.15, 0.2) is 0 Å². The molecule has 2 unspecified atom stereocenters. The fourth-order valence-electron chi connectivity index (χ4n) is 3.31. The van der Waals surface area contributed by atoms with E-state index < -0.39 is 10.2 Å². The molecule has 0 saturated carbocycles. The molecule has 0 aromatic heterocycles. The minimum Gasteiger partial charge on any atom is -0.330 e. The zero-order valence-corrected chi connectivity index (χ0v) is 14.0. The molecule has 0 radical (unpaired) electrons. The summed E-state index contributed by atoms with van der Waals surface area (Å²) in [5.74, 6) is 0. The van der Waals surface area contributed by atoms with Gasteiger partial charge in [0.05, 0.1) is 0 Å². The van der Waals surface area contributed by atoms with E-state index in [4.69, 9.17) is 5.73 Å². The van der Waals surface area contributed by atoms with Crippen LogP contribution in [0.25, 0.3) is 0 Å². The summed E-state index contributed by atoms with van der Waals surface area (Å²) in [4.78, 5) is 0. The third-order valence-corrected chi connectivity index (χ3v) is 6.62. The average molecular weight is 326 g/mol. The van der Waals surface area contributed by atoms with E-state index in [0.29, 0.717) is 19.6 Å². The van der Waals surface area contributed by atoms with Crippen LogP contribution in [0.15, 0.2) is 0 Å². The molecule has 2 aliphatic rings. The van der Waals surface area contributed by atoms with Crippen molar-refractivity contribution in [2.75, 3.05) is 19.6 Å². The lowest BCUT2D eigenvalue weighted by Crippen LogP contribution is -2.54. The van der Waals surface area contributed by atoms with Crippen LogP contribution in [0, 0.1) is 0 Å². The molecule has 2 fully saturated rings. The van der Waals surface area contributed by atoms with Gasteiger partial charge in [-0.1, -0.05) is 12.8 Å². The quantitative estimate of drug-likeness (QED) is 0.856. The Hall–Kier alpha value is 0.120. The van der Waals surface area contributed by atoms with Gasteiger partial charge in [0.25, 0.3) is 10.2 Å². The van der Waals surface area contributed by atoms with Crippen molar-refractivity contribution in [2.24, 2.45) is 5.73 Å². The highest BCUT2D eigenvalue weighted by molar-refractivity contribution is 7.86. The number of nitrogens with two attached hydrogens (primary N) is 1. The van der Waals surface area contributed by atoms with Gasteiger partial charge < -0.3 is 5.73 Å². The van der Waals surface area contributed by atoms with Crippen LogP contribution in [0.4, 0.5) is 0 Å². The van der Waals surface area contributed by atoms with Crippen LogP contribution in [0.1, 0.15) is 51.9 Å². The van der Waals surface area contributed by atoms with Gasteiger partial charge in [-0.2, -0.15) is 17.0 Å². The lowest BCUT2D eigenvalue weighted by molar-refractivity contribution is 0.197. The van der Waals surface area contributed by atoms with Crippen LogP contribution >= 0.6 is 12.4 Å². The van der Waals surface area contributed by atoms with Gasteiger partial charge in [-0.3, -0.25) is 0 Å². The van der Waals surface area contributed by atoms with Crippen LogP contribution in [-0.2, 0) is 10.2 Å². The Labute approximate surface area is 129 Å². The first-order chi connectivity index (χ1) is 9.07. The number of nitrogens with zero attached hydrogens (tertiary/aromatic N) is 2. The molecule has 2 atom stereocenters. The zero-order valence-electron chi connectivity index (χ0n) is 12.3. The fourth-order valence-corrected chi connectivity index (χ4v) is 5.44. The molecular weight excluding hydrogens is 298 g/mol. The Kier molecular flexibility index (Phi) is 7.21. The number of halogens is 1. The summed E-state index contributed by atoms with van der Waals surface area (Å²) in [5, 5.41) is 0. The molecule has 0 aliphatic carbocycles. The van der Waals surface area contributed by atoms with E-state index in [1.807, 2.05) is 6.92 Å². The average Bonchev–Trinajstić information content (AvgIpc) is 2.40. The molecule has 2 heterocycles. The molecular formula is C13H28ClN3O2S. The maximum Gasteiger partial charge on any atom is 0.282 e. The molecule has 120 valence electrons. The minimum atomic E-state index is -3.29. The second-order valence-electron chi connectivity index (χ2n) is 5.80. The Morgan fingerprint density at radius 1 is 1.05 bits per heavy atom. The highest BCUT2D eigenvalue weighted by atomic mass is 35.5.